The van der Waals surface area contributed by atoms with Crippen LogP contribution < -0.4 is 0 Å². The molecule has 1 aliphatic heterocycles. The van der Waals surface area contributed by atoms with Crippen molar-refractivity contribution in [2.45, 2.75) is 58.3 Å². The first-order chi connectivity index (χ1) is 9.04. The molecule has 1 amide bonds. The molecular weight excluding hydrogens is 262 g/mol. The molecule has 1 fully saturated rings. The molecule has 1 aliphatic rings. The molecule has 1 N–H and O–H groups in total. The second-order valence-electron chi connectivity index (χ2n) is 6.54. The number of rotatable bonds is 3. The SMILES string of the molecule is CO[C@H]1CN(C(=O)OC(C)(C)C)[C@@](C(=O)O)(C(C)C)C1. The second-order valence-corrected chi connectivity index (χ2v) is 6.54. The lowest BCUT2D eigenvalue weighted by Gasteiger charge is -2.38. The van der Waals surface area contributed by atoms with Gasteiger partial charge < -0.3 is 14.6 Å². The van der Waals surface area contributed by atoms with E-state index in [9.17, 15) is 14.7 Å². The van der Waals surface area contributed by atoms with Gasteiger partial charge in [-0.05, 0) is 26.7 Å². The number of nitrogens with zero attached hydrogens (tertiary/aromatic N) is 1. The lowest BCUT2D eigenvalue weighted by molar-refractivity contribution is -0.152. The van der Waals surface area contributed by atoms with Crippen molar-refractivity contribution in [2.24, 2.45) is 5.92 Å². The van der Waals surface area contributed by atoms with Gasteiger partial charge in [0.15, 0.2) is 0 Å². The number of carboxylic acid groups (broad SMARTS) is 1. The summed E-state index contributed by atoms with van der Waals surface area (Å²) in [5, 5.41) is 9.66. The molecule has 0 radical (unpaired) electrons. The zero-order chi connectivity index (χ0) is 15.7. The Kier molecular flexibility index (Phi) is 4.69. The molecule has 0 bridgehead atoms. The molecule has 2 atom stereocenters. The van der Waals surface area contributed by atoms with Crippen LogP contribution in [0.4, 0.5) is 4.79 Å². The van der Waals surface area contributed by atoms with Crippen molar-refractivity contribution in [1.29, 1.82) is 0 Å². The first-order valence-electron chi connectivity index (χ1n) is 6.81. The summed E-state index contributed by atoms with van der Waals surface area (Å²) in [4.78, 5) is 25.4. The molecule has 0 aromatic heterocycles. The highest BCUT2D eigenvalue weighted by Gasteiger charge is 2.56. The molecule has 0 aliphatic carbocycles. The normalized spacial score (nSPS) is 26.9. The summed E-state index contributed by atoms with van der Waals surface area (Å²) in [6.07, 6.45) is -0.621. The number of ether oxygens (including phenoxy) is 2. The van der Waals surface area contributed by atoms with Crippen LogP contribution in [0.5, 0.6) is 0 Å². The summed E-state index contributed by atoms with van der Waals surface area (Å²) in [6.45, 7) is 9.09. The molecule has 1 heterocycles. The quantitative estimate of drug-likeness (QED) is 0.860. The number of aliphatic carboxylic acids is 1. The third kappa shape index (κ3) is 3.06. The number of carbonyl (C=O) groups is 2. The van der Waals surface area contributed by atoms with Crippen molar-refractivity contribution >= 4 is 12.1 Å². The van der Waals surface area contributed by atoms with E-state index in [4.69, 9.17) is 9.47 Å². The molecule has 0 saturated carbocycles. The Bertz CT molecular complexity index is 388. The Morgan fingerprint density at radius 1 is 1.35 bits per heavy atom. The number of carboxylic acids is 1. The minimum atomic E-state index is -1.27. The maximum atomic E-state index is 12.3. The van der Waals surface area contributed by atoms with Gasteiger partial charge >= 0.3 is 12.1 Å². The topological polar surface area (TPSA) is 76.1 Å². The van der Waals surface area contributed by atoms with Gasteiger partial charge in [-0.2, -0.15) is 0 Å². The first kappa shape index (κ1) is 16.8. The molecule has 1 rings (SSSR count). The lowest BCUT2D eigenvalue weighted by Crippen LogP contribution is -2.57. The van der Waals surface area contributed by atoms with Crippen molar-refractivity contribution in [3.05, 3.63) is 0 Å². The fraction of sp³-hybridized carbons (Fsp3) is 0.857. The molecule has 0 spiro atoms. The van der Waals surface area contributed by atoms with Gasteiger partial charge in [0.1, 0.15) is 11.1 Å². The van der Waals surface area contributed by atoms with Gasteiger partial charge in [0, 0.05) is 13.5 Å². The Labute approximate surface area is 120 Å². The molecule has 0 aromatic carbocycles. The Morgan fingerprint density at radius 3 is 2.25 bits per heavy atom. The Balaban J connectivity index is 3.12. The molecule has 0 aromatic rings. The van der Waals surface area contributed by atoms with Crippen LogP contribution in [0.1, 0.15) is 41.0 Å². The van der Waals surface area contributed by atoms with Crippen molar-refractivity contribution in [2.75, 3.05) is 13.7 Å². The van der Waals surface area contributed by atoms with Crippen LogP contribution in [0.25, 0.3) is 0 Å². The molecule has 6 heteroatoms. The third-order valence-electron chi connectivity index (χ3n) is 3.68. The van der Waals surface area contributed by atoms with E-state index in [0.29, 0.717) is 0 Å². The highest BCUT2D eigenvalue weighted by molar-refractivity contribution is 5.85. The van der Waals surface area contributed by atoms with E-state index in [1.165, 1.54) is 12.0 Å². The summed E-state index contributed by atoms with van der Waals surface area (Å²) >= 11 is 0. The van der Waals surface area contributed by atoms with Gasteiger partial charge in [0.25, 0.3) is 0 Å². The van der Waals surface area contributed by atoms with Crippen LogP contribution in [0, 0.1) is 5.92 Å². The predicted octanol–water partition coefficient (Wildman–Crippen LogP) is 2.12. The van der Waals surface area contributed by atoms with Crippen molar-refractivity contribution in [3.8, 4) is 0 Å². The van der Waals surface area contributed by atoms with E-state index < -0.39 is 23.2 Å². The number of hydrogen-bond donors (Lipinski definition) is 1. The minimum absolute atomic E-state index is 0.232. The van der Waals surface area contributed by atoms with Crippen LogP contribution in [0.3, 0.4) is 0 Å². The first-order valence-corrected chi connectivity index (χ1v) is 6.81. The molecule has 6 nitrogen and oxygen atoms in total. The lowest BCUT2D eigenvalue weighted by atomic mass is 9.83. The molecule has 1 saturated heterocycles. The number of carbonyl (C=O) groups excluding carboxylic acids is 1. The summed E-state index contributed by atoms with van der Waals surface area (Å²) in [5.41, 5.74) is -1.94. The van der Waals surface area contributed by atoms with E-state index in [2.05, 4.69) is 0 Å². The monoisotopic (exact) mass is 287 g/mol. The average molecular weight is 287 g/mol. The van der Waals surface area contributed by atoms with Crippen LogP contribution >= 0.6 is 0 Å². The van der Waals surface area contributed by atoms with Gasteiger partial charge in [-0.3, -0.25) is 4.90 Å². The Morgan fingerprint density at radius 2 is 1.90 bits per heavy atom. The minimum Gasteiger partial charge on any atom is -0.479 e. The van der Waals surface area contributed by atoms with Crippen LogP contribution in [0.2, 0.25) is 0 Å². The van der Waals surface area contributed by atoms with Gasteiger partial charge in [-0.25, -0.2) is 9.59 Å². The summed E-state index contributed by atoms with van der Waals surface area (Å²) in [6, 6.07) is 0. The summed E-state index contributed by atoms with van der Waals surface area (Å²) in [7, 11) is 1.52. The van der Waals surface area contributed by atoms with E-state index in [0.717, 1.165) is 0 Å². The summed E-state index contributed by atoms with van der Waals surface area (Å²) < 4.78 is 10.6. The molecule has 20 heavy (non-hydrogen) atoms. The van der Waals surface area contributed by atoms with E-state index in [1.54, 1.807) is 34.6 Å². The Hall–Kier alpha value is -1.30. The fourth-order valence-corrected chi connectivity index (χ4v) is 2.60. The van der Waals surface area contributed by atoms with Gasteiger partial charge in [0.05, 0.1) is 12.6 Å². The van der Waals surface area contributed by atoms with Crippen LogP contribution in [0.15, 0.2) is 0 Å². The van der Waals surface area contributed by atoms with Crippen LogP contribution in [-0.4, -0.2) is 53.0 Å². The average Bonchev–Trinajstić information content (AvgIpc) is 2.67. The third-order valence-corrected chi connectivity index (χ3v) is 3.68. The second kappa shape index (κ2) is 5.60. The predicted molar refractivity (Wildman–Crippen MR) is 73.6 cm³/mol. The van der Waals surface area contributed by atoms with E-state index in [-0.39, 0.29) is 25.0 Å². The van der Waals surface area contributed by atoms with Crippen molar-refractivity contribution in [1.82, 2.24) is 4.90 Å². The molecule has 0 unspecified atom stereocenters. The number of likely N-dealkylation sites (tertiary alicyclic amines) is 1. The number of methoxy groups -OCH3 is 1. The fourth-order valence-electron chi connectivity index (χ4n) is 2.60. The highest BCUT2D eigenvalue weighted by atomic mass is 16.6. The van der Waals surface area contributed by atoms with E-state index in [1.807, 2.05) is 0 Å². The van der Waals surface area contributed by atoms with Gasteiger partial charge in [0.2, 0.25) is 0 Å². The maximum Gasteiger partial charge on any atom is 0.411 e. The molecular formula is C14H25NO5. The van der Waals surface area contributed by atoms with Crippen LogP contribution in [-0.2, 0) is 14.3 Å². The summed E-state index contributed by atoms with van der Waals surface area (Å²) in [5.74, 6) is -1.26. The smallest absolute Gasteiger partial charge is 0.411 e. The largest absolute Gasteiger partial charge is 0.479 e. The maximum absolute atomic E-state index is 12.3. The van der Waals surface area contributed by atoms with Gasteiger partial charge in [-0.1, -0.05) is 13.8 Å². The zero-order valence-electron chi connectivity index (χ0n) is 13.1. The highest BCUT2D eigenvalue weighted by Crippen LogP contribution is 2.38. The van der Waals surface area contributed by atoms with Gasteiger partial charge in [-0.15, -0.1) is 0 Å². The number of hydrogen-bond acceptors (Lipinski definition) is 4. The molecule has 116 valence electrons. The van der Waals surface area contributed by atoms with E-state index >= 15 is 0 Å². The van der Waals surface area contributed by atoms with Crippen molar-refractivity contribution in [3.63, 3.8) is 0 Å². The standard InChI is InChI=1S/C14H25NO5/c1-9(2)14(11(16)17)7-10(19-6)8-15(14)12(18)20-13(3,4)5/h9-10H,7-8H2,1-6H3,(H,16,17)/t10-,14-/m1/s1. The van der Waals surface area contributed by atoms with Crippen molar-refractivity contribution < 1.29 is 24.2 Å². The zero-order valence-corrected chi connectivity index (χ0v) is 13.1. The number of amides is 1.